The molecule has 10 nitrogen and oxygen atoms in total. The number of anilines is 1. The number of likely N-dealkylation sites (tertiary alicyclic amines) is 1. The van der Waals surface area contributed by atoms with Gasteiger partial charge < -0.3 is 30.5 Å². The van der Waals surface area contributed by atoms with Gasteiger partial charge in [0.1, 0.15) is 5.84 Å². The second-order valence-electron chi connectivity index (χ2n) is 11.6. The summed E-state index contributed by atoms with van der Waals surface area (Å²) in [5.74, 6) is 0.259. The molecule has 0 atom stereocenters. The van der Waals surface area contributed by atoms with E-state index in [0.29, 0.717) is 42.4 Å². The van der Waals surface area contributed by atoms with E-state index in [4.69, 9.17) is 4.74 Å². The fraction of sp³-hybridized carbons (Fsp3) is 0.581. The van der Waals surface area contributed by atoms with Crippen LogP contribution in [0.1, 0.15) is 48.8 Å². The Morgan fingerprint density at radius 2 is 1.91 bits per heavy atom. The lowest BCUT2D eigenvalue weighted by atomic mass is 9.91. The molecule has 0 aromatic heterocycles. The number of carbonyl (C=O) groups excluding carboxylic acids is 1. The van der Waals surface area contributed by atoms with Gasteiger partial charge in [0.2, 0.25) is 0 Å². The molecule has 1 aromatic carbocycles. The van der Waals surface area contributed by atoms with Crippen molar-refractivity contribution in [2.24, 2.45) is 4.99 Å². The normalized spacial score (nSPS) is 20.8. The second kappa shape index (κ2) is 13.9. The van der Waals surface area contributed by atoms with E-state index in [0.717, 1.165) is 68.8 Å². The number of amides is 2. The van der Waals surface area contributed by atoms with Gasteiger partial charge in [0, 0.05) is 100 Å². The van der Waals surface area contributed by atoms with Crippen LogP contribution in [-0.2, 0) is 11.2 Å². The maximum absolute atomic E-state index is 14.5. The number of carbonyl (C=O) groups is 1. The number of hydrogen-bond acceptors (Lipinski definition) is 7. The van der Waals surface area contributed by atoms with Gasteiger partial charge in [-0.15, -0.1) is 0 Å². The fourth-order valence-electron chi connectivity index (χ4n) is 6.51. The van der Waals surface area contributed by atoms with E-state index in [9.17, 15) is 19.0 Å². The summed E-state index contributed by atoms with van der Waals surface area (Å²) in [5.41, 5.74) is 4.20. The molecule has 1 aromatic rings. The molecule has 4 N–H and O–H groups in total. The quantitative estimate of drug-likeness (QED) is 0.270. The van der Waals surface area contributed by atoms with Crippen molar-refractivity contribution in [3.05, 3.63) is 46.3 Å². The average Bonchev–Trinajstić information content (AvgIpc) is 2.99. The highest BCUT2D eigenvalue weighted by molar-refractivity contribution is 6.12. The highest BCUT2D eigenvalue weighted by atomic mass is 19.3. The number of benzene rings is 1. The molecule has 4 heterocycles. The van der Waals surface area contributed by atoms with E-state index in [1.54, 1.807) is 44.5 Å². The number of halogens is 2. The number of ether oxygens (including phenoxy) is 1. The molecule has 0 bridgehead atoms. The summed E-state index contributed by atoms with van der Waals surface area (Å²) in [5, 5.41) is 18.8. The van der Waals surface area contributed by atoms with Crippen LogP contribution in [0.5, 0.6) is 0 Å². The Morgan fingerprint density at radius 3 is 2.53 bits per heavy atom. The van der Waals surface area contributed by atoms with Crippen molar-refractivity contribution in [1.29, 1.82) is 5.41 Å². The summed E-state index contributed by atoms with van der Waals surface area (Å²) >= 11 is 0. The standard InChI is InChI=1S/C31H44F2N8O2/c1-35-15-21(16-36-2)24-13-20-5-4-9-41(28(20)14-25(24)29(32)33)30(34)26-17-40(31(42)37-3)12-8-27(26)38-22-6-10-39(11-7-22)23-18-43-19-23/h13-16,22-23,29,34-35,38H,4-12,17-19H2,1-3H3,(H,37,42)/b21-15+,34-30?,36-16?. The summed E-state index contributed by atoms with van der Waals surface area (Å²) < 4.78 is 34.3. The molecule has 0 spiro atoms. The summed E-state index contributed by atoms with van der Waals surface area (Å²) in [4.78, 5) is 22.8. The Balaban J connectivity index is 1.45. The van der Waals surface area contributed by atoms with Crippen LogP contribution in [0.4, 0.5) is 19.3 Å². The number of alkyl halides is 2. The van der Waals surface area contributed by atoms with Gasteiger partial charge in [-0.2, -0.15) is 0 Å². The van der Waals surface area contributed by atoms with E-state index >= 15 is 0 Å². The first-order valence-corrected chi connectivity index (χ1v) is 15.2. The Morgan fingerprint density at radius 1 is 1.14 bits per heavy atom. The van der Waals surface area contributed by atoms with Gasteiger partial charge in [0.25, 0.3) is 6.43 Å². The van der Waals surface area contributed by atoms with Crippen LogP contribution in [0, 0.1) is 5.41 Å². The van der Waals surface area contributed by atoms with Crippen LogP contribution in [0.25, 0.3) is 5.57 Å². The molecule has 0 radical (unpaired) electrons. The molecule has 4 aliphatic heterocycles. The molecule has 0 saturated carbocycles. The van der Waals surface area contributed by atoms with Crippen molar-refractivity contribution >= 4 is 29.3 Å². The van der Waals surface area contributed by atoms with Crippen LogP contribution >= 0.6 is 0 Å². The van der Waals surface area contributed by atoms with E-state index in [1.165, 1.54) is 0 Å². The number of amidine groups is 1. The smallest absolute Gasteiger partial charge is 0.317 e. The number of aliphatic imine (C=N–C) groups is 1. The van der Waals surface area contributed by atoms with Gasteiger partial charge in [0.15, 0.2) is 0 Å². The largest absolute Gasteiger partial charge is 0.393 e. The monoisotopic (exact) mass is 598 g/mol. The Bertz CT molecular complexity index is 1280. The predicted octanol–water partition coefficient (Wildman–Crippen LogP) is 3.37. The summed E-state index contributed by atoms with van der Waals surface area (Å²) in [6.07, 6.45) is 4.67. The van der Waals surface area contributed by atoms with E-state index < -0.39 is 6.43 Å². The SMILES string of the molecule is CN=C/C(=C\NC)c1cc2c(cc1C(F)F)N(C(=N)C1=C(NC3CCN(C4COC4)CC3)CCN(C(=O)NC)C1)CCC2. The molecule has 5 rings (SSSR count). The van der Waals surface area contributed by atoms with E-state index in [-0.39, 0.29) is 30.0 Å². The number of piperidine rings is 1. The first kappa shape index (κ1) is 30.9. The van der Waals surface area contributed by atoms with Crippen LogP contribution in [0.3, 0.4) is 0 Å². The molecule has 2 amide bonds. The minimum absolute atomic E-state index is 0.0913. The van der Waals surface area contributed by atoms with Gasteiger partial charge in [-0.1, -0.05) is 0 Å². The average molecular weight is 599 g/mol. The van der Waals surface area contributed by atoms with Crippen LogP contribution in [0.2, 0.25) is 0 Å². The van der Waals surface area contributed by atoms with Crippen molar-refractivity contribution in [2.75, 3.05) is 72.0 Å². The van der Waals surface area contributed by atoms with E-state index in [1.807, 2.05) is 11.0 Å². The third-order valence-corrected chi connectivity index (χ3v) is 8.93. The maximum atomic E-state index is 14.5. The zero-order valence-corrected chi connectivity index (χ0v) is 25.4. The summed E-state index contributed by atoms with van der Waals surface area (Å²) in [6, 6.07) is 3.99. The predicted molar refractivity (Wildman–Crippen MR) is 166 cm³/mol. The number of rotatable bonds is 8. The lowest BCUT2D eigenvalue weighted by Gasteiger charge is -2.42. The Hall–Kier alpha value is -3.51. The molecule has 12 heteroatoms. The van der Waals surface area contributed by atoms with Gasteiger partial charge in [0.05, 0.1) is 25.8 Å². The number of aryl methyl sites for hydroxylation is 1. The van der Waals surface area contributed by atoms with Crippen molar-refractivity contribution in [3.8, 4) is 0 Å². The number of nitrogens with one attached hydrogen (secondary N) is 4. The minimum atomic E-state index is -2.70. The minimum Gasteiger partial charge on any atom is -0.393 e. The zero-order chi connectivity index (χ0) is 30.5. The molecule has 2 saturated heterocycles. The third-order valence-electron chi connectivity index (χ3n) is 8.93. The van der Waals surface area contributed by atoms with Crippen LogP contribution < -0.4 is 20.9 Å². The molecular formula is C31H44F2N8O2. The number of allylic oxidation sites excluding steroid dienone is 1. The number of urea groups is 1. The van der Waals surface area contributed by atoms with Gasteiger partial charge in [-0.3, -0.25) is 15.3 Å². The molecule has 4 aliphatic rings. The lowest BCUT2D eigenvalue weighted by Crippen LogP contribution is -2.54. The third kappa shape index (κ3) is 6.70. The van der Waals surface area contributed by atoms with E-state index in [2.05, 4.69) is 25.8 Å². The maximum Gasteiger partial charge on any atom is 0.317 e. The van der Waals surface area contributed by atoms with Gasteiger partial charge in [-0.25, -0.2) is 13.6 Å². The molecule has 2 fully saturated rings. The number of fused-ring (bicyclic) bond motifs is 1. The molecule has 0 unspecified atom stereocenters. The van der Waals surface area contributed by atoms with Crippen LogP contribution in [-0.4, -0.2) is 107 Å². The molecule has 234 valence electrons. The zero-order valence-electron chi connectivity index (χ0n) is 25.4. The molecule has 0 aliphatic carbocycles. The van der Waals surface area contributed by atoms with Crippen molar-refractivity contribution in [3.63, 3.8) is 0 Å². The van der Waals surface area contributed by atoms with Crippen molar-refractivity contribution < 1.29 is 18.3 Å². The topological polar surface area (TPSA) is 108 Å². The first-order valence-electron chi connectivity index (χ1n) is 15.2. The Kier molecular flexibility index (Phi) is 9.97. The van der Waals surface area contributed by atoms with Gasteiger partial charge >= 0.3 is 6.03 Å². The molecule has 43 heavy (non-hydrogen) atoms. The Labute approximate surface area is 252 Å². The van der Waals surface area contributed by atoms with Crippen molar-refractivity contribution in [1.82, 2.24) is 25.8 Å². The molecular weight excluding hydrogens is 554 g/mol. The van der Waals surface area contributed by atoms with Crippen molar-refractivity contribution in [2.45, 2.75) is 50.6 Å². The van der Waals surface area contributed by atoms with Gasteiger partial charge in [-0.05, 0) is 48.9 Å². The fourth-order valence-corrected chi connectivity index (χ4v) is 6.51. The number of hydrogen-bond donors (Lipinski definition) is 4. The highest BCUT2D eigenvalue weighted by Crippen LogP contribution is 2.38. The summed E-state index contributed by atoms with van der Waals surface area (Å²) in [6.45, 7) is 5.00. The van der Waals surface area contributed by atoms with Crippen LogP contribution in [0.15, 0.2) is 34.6 Å². The lowest BCUT2D eigenvalue weighted by molar-refractivity contribution is -0.0717. The second-order valence-corrected chi connectivity index (χ2v) is 11.6. The highest BCUT2D eigenvalue weighted by Gasteiger charge is 2.34. The number of nitrogens with zero attached hydrogens (tertiary/aromatic N) is 4. The first-order chi connectivity index (χ1) is 20.8. The summed E-state index contributed by atoms with van der Waals surface area (Å²) in [7, 11) is 4.95.